The predicted octanol–water partition coefficient (Wildman–Crippen LogP) is 4.23. The maximum Gasteiger partial charge on any atom is 0.415 e. The average Bonchev–Trinajstić information content (AvgIpc) is 3.59. The van der Waals surface area contributed by atoms with E-state index < -0.39 is 5.82 Å². The highest BCUT2D eigenvalue weighted by atomic mass is 19.1. The monoisotopic (exact) mass is 447 g/mol. The lowest BCUT2D eigenvalue weighted by Crippen LogP contribution is -2.40. The highest BCUT2D eigenvalue weighted by Gasteiger charge is 2.40. The van der Waals surface area contributed by atoms with E-state index in [0.717, 1.165) is 12.8 Å². The minimum atomic E-state index is -0.430. The minimum Gasteiger partial charge on any atom is -0.447 e. The first-order valence-corrected chi connectivity index (χ1v) is 11.1. The number of H-pyrrole nitrogens is 1. The summed E-state index contributed by atoms with van der Waals surface area (Å²) in [5.74, 6) is 0.868. The molecule has 2 fully saturated rings. The van der Waals surface area contributed by atoms with E-state index in [0.29, 0.717) is 46.5 Å². The molecule has 33 heavy (non-hydrogen) atoms. The van der Waals surface area contributed by atoms with Gasteiger partial charge < -0.3 is 4.74 Å². The van der Waals surface area contributed by atoms with Gasteiger partial charge in [0.25, 0.3) is 0 Å². The molecule has 2 aliphatic rings. The molecule has 6 rings (SSSR count). The molecule has 1 amide bonds. The van der Waals surface area contributed by atoms with Crippen LogP contribution in [-0.2, 0) is 4.74 Å². The van der Waals surface area contributed by atoms with E-state index in [1.54, 1.807) is 40.0 Å². The number of cyclic esters (lactones) is 1. The Morgan fingerprint density at radius 3 is 2.79 bits per heavy atom. The quantitative estimate of drug-likeness (QED) is 0.503. The molecule has 9 nitrogen and oxygen atoms in total. The molecule has 168 valence electrons. The molecule has 1 saturated heterocycles. The van der Waals surface area contributed by atoms with Crippen molar-refractivity contribution in [1.82, 2.24) is 29.8 Å². The summed E-state index contributed by atoms with van der Waals surface area (Å²) in [5, 5.41) is 10.8. The van der Waals surface area contributed by atoms with Crippen molar-refractivity contribution < 1.29 is 13.9 Å². The Balaban J connectivity index is 1.37. The molecule has 0 spiro atoms. The van der Waals surface area contributed by atoms with Crippen molar-refractivity contribution in [2.45, 2.75) is 38.1 Å². The van der Waals surface area contributed by atoms with Crippen molar-refractivity contribution >= 4 is 17.6 Å². The molecule has 1 saturated carbocycles. The molecule has 1 aromatic carbocycles. The second kappa shape index (κ2) is 7.95. The van der Waals surface area contributed by atoms with Crippen LogP contribution >= 0.6 is 0 Å². The number of amides is 1. The van der Waals surface area contributed by atoms with Gasteiger partial charge >= 0.3 is 6.09 Å². The number of hydrogen-bond donors (Lipinski definition) is 1. The van der Waals surface area contributed by atoms with Crippen molar-refractivity contribution in [3.05, 3.63) is 48.8 Å². The number of carbonyl (C=O) groups is 1. The standard InChI is InChI=1S/C23H22FN7O2/c24-18-10-15(6-7-16(18)21-25-13-26-29-21)17-11-27-30-9-8-20(28-22(17)30)31-19(12-33-23(31)32)14-4-2-1-3-5-14/h6-11,13-14,19H,1-5,12H2,(H,25,26,29). The fourth-order valence-corrected chi connectivity index (χ4v) is 4.97. The Kier molecular flexibility index (Phi) is 4.78. The maximum atomic E-state index is 14.8. The molecular formula is C23H22FN7O2. The van der Waals surface area contributed by atoms with Crippen LogP contribution in [0.2, 0.25) is 0 Å². The number of benzene rings is 1. The third kappa shape index (κ3) is 3.42. The number of aromatic nitrogens is 6. The summed E-state index contributed by atoms with van der Waals surface area (Å²) < 4.78 is 21.9. The first-order valence-electron chi connectivity index (χ1n) is 11.1. The van der Waals surface area contributed by atoms with Gasteiger partial charge in [0.15, 0.2) is 11.5 Å². The Morgan fingerprint density at radius 1 is 1.12 bits per heavy atom. The molecule has 1 unspecified atom stereocenters. The first kappa shape index (κ1) is 19.8. The second-order valence-corrected chi connectivity index (χ2v) is 8.55. The Labute approximate surface area is 188 Å². The van der Waals surface area contributed by atoms with Crippen LogP contribution in [0.5, 0.6) is 0 Å². The third-order valence-electron chi connectivity index (χ3n) is 6.65. The van der Waals surface area contributed by atoms with E-state index >= 15 is 0 Å². The van der Waals surface area contributed by atoms with Crippen LogP contribution in [0.4, 0.5) is 15.0 Å². The number of anilines is 1. The van der Waals surface area contributed by atoms with Crippen molar-refractivity contribution in [2.24, 2.45) is 5.92 Å². The van der Waals surface area contributed by atoms with Crippen molar-refractivity contribution in [2.75, 3.05) is 11.5 Å². The zero-order chi connectivity index (χ0) is 22.4. The lowest BCUT2D eigenvalue weighted by molar-refractivity contribution is 0.173. The molecule has 1 atom stereocenters. The van der Waals surface area contributed by atoms with Gasteiger partial charge in [-0.05, 0) is 42.5 Å². The summed E-state index contributed by atoms with van der Waals surface area (Å²) >= 11 is 0. The summed E-state index contributed by atoms with van der Waals surface area (Å²) in [6.07, 6.45) is 10.2. The zero-order valence-electron chi connectivity index (χ0n) is 17.8. The summed E-state index contributed by atoms with van der Waals surface area (Å²) in [4.78, 5) is 23.1. The molecule has 0 bridgehead atoms. The predicted molar refractivity (Wildman–Crippen MR) is 118 cm³/mol. The fraction of sp³-hybridized carbons (Fsp3) is 0.348. The van der Waals surface area contributed by atoms with Crippen LogP contribution in [-0.4, -0.2) is 48.5 Å². The number of halogens is 1. The first-order chi connectivity index (χ1) is 16.2. The molecule has 0 radical (unpaired) electrons. The average molecular weight is 447 g/mol. The van der Waals surface area contributed by atoms with Gasteiger partial charge in [0.1, 0.15) is 24.6 Å². The van der Waals surface area contributed by atoms with E-state index in [9.17, 15) is 9.18 Å². The molecule has 3 aromatic heterocycles. The van der Waals surface area contributed by atoms with Gasteiger partial charge in [-0.2, -0.15) is 10.2 Å². The van der Waals surface area contributed by atoms with Crippen LogP contribution in [0.15, 0.2) is 43.0 Å². The van der Waals surface area contributed by atoms with Gasteiger partial charge in [-0.15, -0.1) is 0 Å². The number of ether oxygens (including phenoxy) is 1. The van der Waals surface area contributed by atoms with E-state index in [1.807, 2.05) is 0 Å². The number of fused-ring (bicyclic) bond motifs is 1. The number of aromatic amines is 1. The van der Waals surface area contributed by atoms with Gasteiger partial charge in [0, 0.05) is 11.8 Å². The summed E-state index contributed by atoms with van der Waals surface area (Å²) in [6, 6.07) is 6.63. The van der Waals surface area contributed by atoms with Crippen molar-refractivity contribution in [3.8, 4) is 22.5 Å². The lowest BCUT2D eigenvalue weighted by atomic mass is 9.84. The van der Waals surface area contributed by atoms with Gasteiger partial charge in [-0.3, -0.25) is 10.00 Å². The zero-order valence-corrected chi connectivity index (χ0v) is 17.8. The highest BCUT2D eigenvalue weighted by Crippen LogP contribution is 2.35. The summed E-state index contributed by atoms with van der Waals surface area (Å²) in [5.41, 5.74) is 2.17. The van der Waals surface area contributed by atoms with Gasteiger partial charge in [0.05, 0.1) is 17.8 Å². The Bertz CT molecular complexity index is 1310. The number of nitrogens with one attached hydrogen (secondary N) is 1. The van der Waals surface area contributed by atoms with Crippen LogP contribution < -0.4 is 4.90 Å². The summed E-state index contributed by atoms with van der Waals surface area (Å²) in [7, 11) is 0. The van der Waals surface area contributed by atoms with Crippen LogP contribution in [0.3, 0.4) is 0 Å². The van der Waals surface area contributed by atoms with E-state index in [1.165, 1.54) is 31.7 Å². The lowest BCUT2D eigenvalue weighted by Gasteiger charge is -2.31. The highest BCUT2D eigenvalue weighted by molar-refractivity contribution is 5.90. The van der Waals surface area contributed by atoms with E-state index in [-0.39, 0.29) is 12.1 Å². The normalized spacial score (nSPS) is 19.4. The number of hydrogen-bond acceptors (Lipinski definition) is 6. The molecule has 1 aliphatic heterocycles. The maximum absolute atomic E-state index is 14.8. The summed E-state index contributed by atoms with van der Waals surface area (Å²) in [6.45, 7) is 0.386. The Hall–Kier alpha value is -3.82. The SMILES string of the molecule is O=C1OCC(C2CCCCC2)N1c1ccn2ncc(-c3ccc(-c4ncn[nH]4)c(F)c3)c2n1. The van der Waals surface area contributed by atoms with Gasteiger partial charge in [-0.25, -0.2) is 23.7 Å². The van der Waals surface area contributed by atoms with Crippen LogP contribution in [0, 0.1) is 11.7 Å². The van der Waals surface area contributed by atoms with Crippen molar-refractivity contribution in [1.29, 1.82) is 0 Å². The smallest absolute Gasteiger partial charge is 0.415 e. The largest absolute Gasteiger partial charge is 0.447 e. The second-order valence-electron chi connectivity index (χ2n) is 8.55. The molecule has 1 aliphatic carbocycles. The topological polar surface area (TPSA) is 101 Å². The molecule has 4 aromatic rings. The van der Waals surface area contributed by atoms with Gasteiger partial charge in [-0.1, -0.05) is 25.3 Å². The minimum absolute atomic E-state index is 0.0160. The molecule has 1 N–H and O–H groups in total. The number of nitrogens with zero attached hydrogens (tertiary/aromatic N) is 6. The Morgan fingerprint density at radius 2 is 2.00 bits per heavy atom. The number of rotatable bonds is 4. The fourth-order valence-electron chi connectivity index (χ4n) is 4.97. The molecule has 4 heterocycles. The van der Waals surface area contributed by atoms with Gasteiger partial charge in [0.2, 0.25) is 0 Å². The molecular weight excluding hydrogens is 425 g/mol. The number of carbonyl (C=O) groups excluding carboxylic acids is 1. The molecule has 10 heteroatoms. The van der Waals surface area contributed by atoms with Crippen molar-refractivity contribution in [3.63, 3.8) is 0 Å². The van der Waals surface area contributed by atoms with E-state index in [4.69, 9.17) is 9.72 Å². The van der Waals surface area contributed by atoms with E-state index in [2.05, 4.69) is 20.3 Å². The van der Waals surface area contributed by atoms with Crippen LogP contribution in [0.25, 0.3) is 28.2 Å². The van der Waals surface area contributed by atoms with Crippen LogP contribution in [0.1, 0.15) is 32.1 Å². The third-order valence-corrected chi connectivity index (χ3v) is 6.65.